The van der Waals surface area contributed by atoms with E-state index in [0.29, 0.717) is 6.54 Å². The molecule has 4 nitrogen and oxygen atoms in total. The molecule has 0 unspecified atom stereocenters. The third-order valence-corrected chi connectivity index (χ3v) is 2.23. The van der Waals surface area contributed by atoms with Crippen molar-refractivity contribution in [3.63, 3.8) is 0 Å². The van der Waals surface area contributed by atoms with Crippen LogP contribution in [0.25, 0.3) is 11.0 Å². The maximum Gasteiger partial charge on any atom is 0.222 e. The maximum absolute atomic E-state index is 7.78. The number of nitrogens with two attached hydrogens (primary N) is 1. The Balaban J connectivity index is 2.87. The first-order valence-corrected chi connectivity index (χ1v) is 4.36. The number of nitrogen functional groups attached to an aromatic ring is 1. The summed E-state index contributed by atoms with van der Waals surface area (Å²) >= 11 is 0. The van der Waals surface area contributed by atoms with Gasteiger partial charge in [0.1, 0.15) is 0 Å². The normalized spacial score (nSPS) is 10.6. The van der Waals surface area contributed by atoms with Crippen molar-refractivity contribution in [2.75, 3.05) is 5.84 Å². The van der Waals surface area contributed by atoms with Gasteiger partial charge in [0.05, 0.1) is 11.0 Å². The van der Waals surface area contributed by atoms with Gasteiger partial charge in [0.25, 0.3) is 0 Å². The summed E-state index contributed by atoms with van der Waals surface area (Å²) in [5.41, 5.74) is 2.10. The van der Waals surface area contributed by atoms with Gasteiger partial charge in [-0.2, -0.15) is 0 Å². The van der Waals surface area contributed by atoms with Crippen LogP contribution in [0.1, 0.15) is 0 Å². The molecule has 0 spiro atoms. The van der Waals surface area contributed by atoms with Crippen LogP contribution >= 0.6 is 0 Å². The third-order valence-electron chi connectivity index (χ3n) is 2.23. The van der Waals surface area contributed by atoms with Crippen LogP contribution in [0.4, 0.5) is 0 Å². The minimum atomic E-state index is 0.283. The van der Waals surface area contributed by atoms with E-state index in [2.05, 4.69) is 6.58 Å². The molecule has 72 valence electrons. The van der Waals surface area contributed by atoms with Gasteiger partial charge in [0.2, 0.25) is 5.62 Å². The zero-order valence-corrected chi connectivity index (χ0v) is 7.77. The highest BCUT2D eigenvalue weighted by molar-refractivity contribution is 5.75. The molecule has 3 N–H and O–H groups in total. The van der Waals surface area contributed by atoms with Crippen LogP contribution < -0.4 is 11.5 Å². The van der Waals surface area contributed by atoms with Crippen molar-refractivity contribution in [3.05, 3.63) is 42.5 Å². The van der Waals surface area contributed by atoms with Gasteiger partial charge in [0.15, 0.2) is 0 Å². The van der Waals surface area contributed by atoms with E-state index in [-0.39, 0.29) is 5.62 Å². The second-order valence-corrected chi connectivity index (χ2v) is 3.08. The average Bonchev–Trinajstić information content (AvgIpc) is 2.45. The van der Waals surface area contributed by atoms with Crippen molar-refractivity contribution in [2.24, 2.45) is 0 Å². The molecular weight excluding hydrogens is 176 g/mol. The molecule has 0 saturated heterocycles. The molecule has 0 aliphatic heterocycles. The monoisotopic (exact) mass is 188 g/mol. The van der Waals surface area contributed by atoms with Crippen molar-refractivity contribution < 1.29 is 0 Å². The molecule has 0 fully saturated rings. The summed E-state index contributed by atoms with van der Waals surface area (Å²) in [6, 6.07) is 7.68. The van der Waals surface area contributed by atoms with E-state index >= 15 is 0 Å². The Kier molecular flexibility index (Phi) is 1.89. The fourth-order valence-corrected chi connectivity index (χ4v) is 1.57. The lowest BCUT2D eigenvalue weighted by Gasteiger charge is -1.97. The highest BCUT2D eigenvalue weighted by atomic mass is 15.4. The highest BCUT2D eigenvalue weighted by Gasteiger charge is 2.05. The van der Waals surface area contributed by atoms with Gasteiger partial charge in [-0.15, -0.1) is 6.58 Å². The Hall–Kier alpha value is -1.97. The maximum atomic E-state index is 7.78. The van der Waals surface area contributed by atoms with Crippen molar-refractivity contribution in [1.29, 1.82) is 5.41 Å². The van der Waals surface area contributed by atoms with Crippen LogP contribution in [0.5, 0.6) is 0 Å². The number of allylic oxidation sites excluding steroid dienone is 1. The first kappa shape index (κ1) is 8.62. The molecule has 0 aliphatic carbocycles. The Morgan fingerprint density at radius 2 is 2.00 bits per heavy atom. The topological polar surface area (TPSA) is 59.7 Å². The van der Waals surface area contributed by atoms with E-state index in [1.54, 1.807) is 6.08 Å². The first-order chi connectivity index (χ1) is 6.75. The molecule has 1 heterocycles. The van der Waals surface area contributed by atoms with Gasteiger partial charge in [-0.05, 0) is 12.1 Å². The van der Waals surface area contributed by atoms with Crippen LogP contribution in [0.2, 0.25) is 0 Å². The number of aromatic nitrogens is 2. The van der Waals surface area contributed by atoms with E-state index < -0.39 is 0 Å². The molecule has 0 bridgehead atoms. The Morgan fingerprint density at radius 1 is 1.36 bits per heavy atom. The molecule has 0 aliphatic rings. The van der Waals surface area contributed by atoms with Crippen LogP contribution in [0.15, 0.2) is 36.9 Å². The molecule has 1 aromatic heterocycles. The van der Waals surface area contributed by atoms with Gasteiger partial charge < -0.3 is 10.4 Å². The number of imidazole rings is 1. The third kappa shape index (κ3) is 1.04. The van der Waals surface area contributed by atoms with E-state index in [1.807, 2.05) is 28.8 Å². The highest BCUT2D eigenvalue weighted by Crippen LogP contribution is 2.09. The number of para-hydroxylation sites is 2. The Labute approximate surface area is 81.4 Å². The lowest BCUT2D eigenvalue weighted by Crippen LogP contribution is -2.29. The fraction of sp³-hybridized carbons (Fsp3) is 0.100. The van der Waals surface area contributed by atoms with Crippen molar-refractivity contribution in [1.82, 2.24) is 9.24 Å². The standard InChI is InChI=1S/C10H12N4/c1-2-7-13-8-5-3-4-6-9(8)14(12)10(13)11/h2-6,11H,1,7,12H2. The molecule has 1 aromatic carbocycles. The minimum Gasteiger partial charge on any atom is -0.336 e. The van der Waals surface area contributed by atoms with E-state index in [0.717, 1.165) is 11.0 Å². The predicted molar refractivity (Wildman–Crippen MR) is 56.1 cm³/mol. The largest absolute Gasteiger partial charge is 0.336 e. The number of benzene rings is 1. The molecule has 4 heteroatoms. The lowest BCUT2D eigenvalue weighted by molar-refractivity contribution is 0.725. The summed E-state index contributed by atoms with van der Waals surface area (Å²) in [7, 11) is 0. The number of rotatable bonds is 2. The molecule has 0 saturated carbocycles. The number of nitrogens with zero attached hydrogens (tertiary/aromatic N) is 2. The summed E-state index contributed by atoms with van der Waals surface area (Å²) < 4.78 is 3.18. The molecule has 2 rings (SSSR count). The smallest absolute Gasteiger partial charge is 0.222 e. The van der Waals surface area contributed by atoms with Gasteiger partial charge >= 0.3 is 0 Å². The fourth-order valence-electron chi connectivity index (χ4n) is 1.57. The quantitative estimate of drug-likeness (QED) is 0.532. The zero-order valence-electron chi connectivity index (χ0n) is 7.77. The van der Waals surface area contributed by atoms with E-state index in [4.69, 9.17) is 11.3 Å². The molecule has 2 aromatic rings. The molecule has 14 heavy (non-hydrogen) atoms. The summed E-state index contributed by atoms with van der Waals surface area (Å²) in [6.07, 6.45) is 1.75. The van der Waals surface area contributed by atoms with Gasteiger partial charge in [-0.1, -0.05) is 18.2 Å². The number of hydrogen-bond acceptors (Lipinski definition) is 2. The summed E-state index contributed by atoms with van der Waals surface area (Å²) in [6.45, 7) is 4.26. The molecule has 0 amide bonds. The second-order valence-electron chi connectivity index (χ2n) is 3.08. The Morgan fingerprint density at radius 3 is 2.64 bits per heavy atom. The lowest BCUT2D eigenvalue weighted by atomic mass is 10.3. The van der Waals surface area contributed by atoms with Gasteiger partial charge in [0, 0.05) is 6.54 Å². The van der Waals surface area contributed by atoms with Gasteiger partial charge in [-0.3, -0.25) is 5.41 Å². The van der Waals surface area contributed by atoms with Crippen LogP contribution in [0.3, 0.4) is 0 Å². The Bertz CT molecular complexity index is 533. The average molecular weight is 188 g/mol. The number of nitrogens with one attached hydrogen (secondary N) is 1. The molecule has 0 radical (unpaired) electrons. The summed E-state index contributed by atoms with van der Waals surface area (Å²) in [5.74, 6) is 5.74. The van der Waals surface area contributed by atoms with Crippen LogP contribution in [-0.2, 0) is 6.54 Å². The molecule has 0 atom stereocenters. The SMILES string of the molecule is C=CCn1c(=N)n(N)c2ccccc21. The molecular formula is C10H12N4. The van der Waals surface area contributed by atoms with E-state index in [1.165, 1.54) is 4.68 Å². The predicted octanol–water partition coefficient (Wildman–Crippen LogP) is 0.822. The summed E-state index contributed by atoms with van der Waals surface area (Å²) in [4.78, 5) is 0. The van der Waals surface area contributed by atoms with Crippen molar-refractivity contribution in [2.45, 2.75) is 6.54 Å². The van der Waals surface area contributed by atoms with Crippen LogP contribution in [0, 0.1) is 5.41 Å². The van der Waals surface area contributed by atoms with E-state index in [9.17, 15) is 0 Å². The number of fused-ring (bicyclic) bond motifs is 1. The minimum absolute atomic E-state index is 0.283. The van der Waals surface area contributed by atoms with Gasteiger partial charge in [-0.25, -0.2) is 4.68 Å². The van der Waals surface area contributed by atoms with Crippen molar-refractivity contribution >= 4 is 11.0 Å². The van der Waals surface area contributed by atoms with Crippen molar-refractivity contribution in [3.8, 4) is 0 Å². The second kappa shape index (κ2) is 3.06. The summed E-state index contributed by atoms with van der Waals surface area (Å²) in [5, 5.41) is 7.78. The van der Waals surface area contributed by atoms with Crippen LogP contribution in [-0.4, -0.2) is 9.24 Å². The number of hydrogen-bond donors (Lipinski definition) is 2. The zero-order chi connectivity index (χ0) is 10.1. The first-order valence-electron chi connectivity index (χ1n) is 4.36.